The van der Waals surface area contributed by atoms with Crippen LogP contribution in [-0.2, 0) is 17.3 Å². The summed E-state index contributed by atoms with van der Waals surface area (Å²) in [6.45, 7) is 9.70. The number of benzene rings is 21. The number of anilines is 6. The van der Waals surface area contributed by atoms with E-state index < -0.39 is 5.41 Å². The number of para-hydroxylation sites is 7. The first kappa shape index (κ1) is 79.1. The SMILES string of the molecule is CC1(C)c2ccccc2-c2cccc(-c3ccccc3N(c3ccc(-c4cccc5c6ccccc6n(-c6ccccc6)c45)cc3)c3cccc(-c4cccc5c4C=Cc4ccc(-c6ccc7c(c6)C(C)(C)c6c(-c8ccccc8N(c8cccc(-c9cccc%10c9ccc9ccccc9%10)c8)c8cccc(-c9cccc%10c9c9ccccc9n%10-c9ccccc9)c8)cccc6-7)cc4C5)c3)c21. The fourth-order valence-corrected chi connectivity index (χ4v) is 23.4. The van der Waals surface area contributed by atoms with Crippen LogP contribution in [-0.4, -0.2) is 9.13 Å². The first-order valence-corrected chi connectivity index (χ1v) is 47.2. The van der Waals surface area contributed by atoms with Gasteiger partial charge in [0.25, 0.3) is 0 Å². The van der Waals surface area contributed by atoms with Gasteiger partial charge in [0.1, 0.15) is 0 Å². The second-order valence-electron chi connectivity index (χ2n) is 37.7. The lowest BCUT2D eigenvalue weighted by Gasteiger charge is -2.31. The van der Waals surface area contributed by atoms with E-state index in [9.17, 15) is 0 Å². The number of fused-ring (bicyclic) bond motifs is 17. The highest BCUT2D eigenvalue weighted by Crippen LogP contribution is 2.58. The quantitative estimate of drug-likeness (QED) is 0.0951. The Hall–Kier alpha value is -16.9. The van der Waals surface area contributed by atoms with Crippen LogP contribution in [0.3, 0.4) is 0 Å². The van der Waals surface area contributed by atoms with E-state index in [1.54, 1.807) is 0 Å². The Balaban J connectivity index is 0.550. The highest BCUT2D eigenvalue weighted by atomic mass is 15.2. The van der Waals surface area contributed by atoms with E-state index in [1.165, 1.54) is 182 Å². The minimum Gasteiger partial charge on any atom is -0.310 e. The molecule has 0 N–H and O–H groups in total. The van der Waals surface area contributed by atoms with E-state index in [0.29, 0.717) is 0 Å². The molecule has 3 aliphatic carbocycles. The van der Waals surface area contributed by atoms with E-state index in [2.05, 4.69) is 520 Å². The van der Waals surface area contributed by atoms with Crippen LogP contribution in [0, 0.1) is 0 Å². The Morgan fingerprint density at radius 3 is 1.37 bits per heavy atom. The Bertz CT molecular complexity index is 8840. The highest BCUT2D eigenvalue weighted by molar-refractivity contribution is 6.18. The van der Waals surface area contributed by atoms with Crippen LogP contribution in [0.2, 0.25) is 0 Å². The third kappa shape index (κ3) is 12.7. The van der Waals surface area contributed by atoms with E-state index in [0.717, 1.165) is 79.7 Å². The van der Waals surface area contributed by atoms with Gasteiger partial charge in [-0.2, -0.15) is 0 Å². The summed E-state index contributed by atoms with van der Waals surface area (Å²) >= 11 is 0. The zero-order chi connectivity index (χ0) is 89.7. The second-order valence-corrected chi connectivity index (χ2v) is 37.7. The van der Waals surface area contributed by atoms with E-state index in [-0.39, 0.29) is 5.41 Å². The molecule has 0 aliphatic heterocycles. The molecule has 0 bridgehead atoms. The molecule has 0 fully saturated rings. The zero-order valence-corrected chi connectivity index (χ0v) is 75.5. The number of aromatic nitrogens is 2. The molecule has 2 heterocycles. The standard InChI is InChI=1S/C131H92N4/c1-130(2)119-60-18-13-45-108(119)113-55-29-57-115(127(113)130)110-46-14-19-61-121(110)132(96-73-68-86(69-74-96)105-53-28-59-117-112-48-16-21-63-123(112)135(129(105)117)95-39-9-6-10-40-95)97-41-23-33-90(80-97)101-50-26-36-89-79-93-78-87(67-66-84(93)70-75-103(89)101)88-72-77-109-114-56-30-58-116(128(114)131(3,4)120(109)83-88)111-47-15-20-62-122(111)133(98-42-24-34-91(81-98)102-51-27-54-106-100-44-12-11-32-85(100)71-76-107(102)106)99-43-25-35-92(82-99)104-52-31-65-125-126(104)118-49-17-22-64-124(118)134(125)94-37-7-5-8-38-94/h5-78,80-83H,79H2,1-4H3. The molecule has 4 heteroatoms. The number of nitrogens with zero attached hydrogens (tertiary/aromatic N) is 4. The number of rotatable bonds is 15. The molecule has 0 spiro atoms. The monoisotopic (exact) mass is 1720 g/mol. The molecule has 4 nitrogen and oxygen atoms in total. The van der Waals surface area contributed by atoms with Gasteiger partial charge in [-0.1, -0.05) is 392 Å². The Labute approximate surface area is 786 Å². The summed E-state index contributed by atoms with van der Waals surface area (Å²) in [5.41, 5.74) is 45.0. The minimum absolute atomic E-state index is 0.234. The largest absolute Gasteiger partial charge is 0.310 e. The van der Waals surface area contributed by atoms with Gasteiger partial charge in [0, 0.05) is 83.2 Å². The van der Waals surface area contributed by atoms with Crippen LogP contribution >= 0.6 is 0 Å². The zero-order valence-electron chi connectivity index (χ0n) is 75.5. The number of hydrogen-bond acceptors (Lipinski definition) is 2. The molecule has 0 amide bonds. The maximum absolute atomic E-state index is 2.52. The van der Waals surface area contributed by atoms with Gasteiger partial charge in [-0.25, -0.2) is 0 Å². The molecule has 21 aromatic carbocycles. The van der Waals surface area contributed by atoms with Gasteiger partial charge < -0.3 is 18.9 Å². The summed E-state index contributed by atoms with van der Waals surface area (Å²) in [6, 6.07) is 173. The third-order valence-corrected chi connectivity index (χ3v) is 29.5. The van der Waals surface area contributed by atoms with Gasteiger partial charge in [-0.3, -0.25) is 0 Å². The molecular formula is C131H92N4. The molecule has 2 aromatic heterocycles. The lowest BCUT2D eigenvalue weighted by atomic mass is 9.78. The predicted octanol–water partition coefficient (Wildman–Crippen LogP) is 35.5. The van der Waals surface area contributed by atoms with Crippen molar-refractivity contribution in [2.75, 3.05) is 9.80 Å². The molecular weight excluding hydrogens is 1630 g/mol. The molecule has 0 atom stereocenters. The molecule has 0 radical (unpaired) electrons. The summed E-state index contributed by atoms with van der Waals surface area (Å²) in [5, 5.41) is 9.89. The molecule has 0 unspecified atom stereocenters. The summed E-state index contributed by atoms with van der Waals surface area (Å²) in [4.78, 5) is 5.03. The predicted molar refractivity (Wildman–Crippen MR) is 571 cm³/mol. The molecule has 135 heavy (non-hydrogen) atoms. The summed E-state index contributed by atoms with van der Waals surface area (Å²) in [5.74, 6) is 0. The van der Waals surface area contributed by atoms with Crippen molar-refractivity contribution in [3.05, 3.63) is 506 Å². The summed E-state index contributed by atoms with van der Waals surface area (Å²) in [6.07, 6.45) is 5.51. The topological polar surface area (TPSA) is 16.3 Å². The van der Waals surface area contributed by atoms with Crippen molar-refractivity contribution in [3.8, 4) is 112 Å². The van der Waals surface area contributed by atoms with Crippen molar-refractivity contribution in [2.45, 2.75) is 44.9 Å². The minimum atomic E-state index is -0.396. The van der Waals surface area contributed by atoms with E-state index >= 15 is 0 Å². The van der Waals surface area contributed by atoms with E-state index in [4.69, 9.17) is 0 Å². The summed E-state index contributed by atoms with van der Waals surface area (Å²) < 4.78 is 4.86. The van der Waals surface area contributed by atoms with Crippen LogP contribution in [0.15, 0.2) is 461 Å². The van der Waals surface area contributed by atoms with Crippen LogP contribution in [0.1, 0.15) is 72.2 Å². The average Bonchev–Trinajstić information content (AvgIpc) is 1.59. The van der Waals surface area contributed by atoms with Gasteiger partial charge in [0.15, 0.2) is 0 Å². The van der Waals surface area contributed by atoms with Crippen LogP contribution in [0.25, 0.3) is 189 Å². The molecule has 636 valence electrons. The molecule has 0 saturated carbocycles. The third-order valence-electron chi connectivity index (χ3n) is 29.5. The van der Waals surface area contributed by atoms with Crippen molar-refractivity contribution in [1.29, 1.82) is 0 Å². The van der Waals surface area contributed by atoms with Crippen LogP contribution in [0.4, 0.5) is 34.1 Å². The lowest BCUT2D eigenvalue weighted by molar-refractivity contribution is 0.662. The molecule has 23 aromatic rings. The Kier molecular flexibility index (Phi) is 18.4. The lowest BCUT2D eigenvalue weighted by Crippen LogP contribution is -2.17. The van der Waals surface area contributed by atoms with Crippen molar-refractivity contribution < 1.29 is 0 Å². The molecule has 0 saturated heterocycles. The first-order valence-electron chi connectivity index (χ1n) is 47.2. The fraction of sp³-hybridized carbons (Fsp3) is 0.0534. The molecule has 26 rings (SSSR count). The average molecular weight is 1720 g/mol. The maximum Gasteiger partial charge on any atom is 0.0619 e. The first-order chi connectivity index (χ1) is 66.5. The number of hydrogen-bond donors (Lipinski definition) is 0. The second kappa shape index (κ2) is 31.4. The Morgan fingerprint density at radius 1 is 0.230 bits per heavy atom. The molecule has 3 aliphatic rings. The van der Waals surface area contributed by atoms with Crippen molar-refractivity contribution in [2.24, 2.45) is 0 Å². The maximum atomic E-state index is 2.52. The van der Waals surface area contributed by atoms with Gasteiger partial charge >= 0.3 is 0 Å². The highest BCUT2D eigenvalue weighted by Gasteiger charge is 2.41. The van der Waals surface area contributed by atoms with Gasteiger partial charge in [-0.15, -0.1) is 0 Å². The van der Waals surface area contributed by atoms with Gasteiger partial charge in [0.05, 0.1) is 33.4 Å². The van der Waals surface area contributed by atoms with Crippen LogP contribution in [0.5, 0.6) is 0 Å². The van der Waals surface area contributed by atoms with E-state index in [1.807, 2.05) is 0 Å². The fourth-order valence-electron chi connectivity index (χ4n) is 23.4. The van der Waals surface area contributed by atoms with Crippen molar-refractivity contribution in [1.82, 2.24) is 9.13 Å². The Morgan fingerprint density at radius 2 is 0.681 bits per heavy atom. The summed E-state index contributed by atoms with van der Waals surface area (Å²) in [7, 11) is 0. The van der Waals surface area contributed by atoms with Crippen molar-refractivity contribution in [3.63, 3.8) is 0 Å². The van der Waals surface area contributed by atoms with Gasteiger partial charge in [-0.05, 0) is 265 Å². The van der Waals surface area contributed by atoms with Crippen molar-refractivity contribution >= 4 is 111 Å². The normalized spacial score (nSPS) is 13.1. The van der Waals surface area contributed by atoms with Gasteiger partial charge in [0.2, 0.25) is 0 Å². The van der Waals surface area contributed by atoms with Crippen LogP contribution < -0.4 is 9.80 Å². The smallest absolute Gasteiger partial charge is 0.0619 e.